The monoisotopic (exact) mass is 427 g/mol. The van der Waals surface area contributed by atoms with Crippen molar-refractivity contribution in [3.05, 3.63) is 71.0 Å². The summed E-state index contributed by atoms with van der Waals surface area (Å²) >= 11 is 0. The molecule has 31 heavy (non-hydrogen) atoms. The zero-order valence-corrected chi connectivity index (χ0v) is 17.4. The van der Waals surface area contributed by atoms with Gasteiger partial charge in [-0.3, -0.25) is 0 Å². The van der Waals surface area contributed by atoms with E-state index in [1.54, 1.807) is 17.0 Å². The van der Waals surface area contributed by atoms with Gasteiger partial charge < -0.3 is 24.5 Å². The molecule has 0 bridgehead atoms. The van der Waals surface area contributed by atoms with Crippen molar-refractivity contribution in [2.45, 2.75) is 18.6 Å². The van der Waals surface area contributed by atoms with Gasteiger partial charge in [-0.15, -0.1) is 0 Å². The molecule has 2 heterocycles. The molecule has 2 atom stereocenters. The van der Waals surface area contributed by atoms with Gasteiger partial charge in [0.05, 0.1) is 31.8 Å². The number of likely N-dealkylation sites (N-methyl/N-ethyl adjacent to an activating group) is 1. The van der Waals surface area contributed by atoms with E-state index in [4.69, 9.17) is 9.84 Å². The Bertz CT molecular complexity index is 952. The number of ether oxygens (including phenoxy) is 1. The predicted octanol–water partition coefficient (Wildman–Crippen LogP) is 3.20. The van der Waals surface area contributed by atoms with Crippen LogP contribution in [0.1, 0.15) is 22.7 Å². The van der Waals surface area contributed by atoms with Crippen LogP contribution in [-0.2, 0) is 11.2 Å². The average molecular weight is 427 g/mol. The Morgan fingerprint density at radius 1 is 1.16 bits per heavy atom. The zero-order valence-electron chi connectivity index (χ0n) is 17.4. The molecule has 2 aromatic carbocycles. The van der Waals surface area contributed by atoms with Crippen LogP contribution in [0.3, 0.4) is 0 Å². The van der Waals surface area contributed by atoms with E-state index in [1.807, 2.05) is 23.1 Å². The number of benzene rings is 2. The Hall–Kier alpha value is -3.13. The molecule has 2 aliphatic rings. The Balaban J connectivity index is 1.58. The summed E-state index contributed by atoms with van der Waals surface area (Å²) < 4.78 is 19.2. The number of urea groups is 1. The van der Waals surface area contributed by atoms with E-state index >= 15 is 0 Å². The van der Waals surface area contributed by atoms with Crippen molar-refractivity contribution in [2.75, 3.05) is 39.8 Å². The van der Waals surface area contributed by atoms with E-state index in [0.717, 1.165) is 22.4 Å². The summed E-state index contributed by atoms with van der Waals surface area (Å²) in [6.45, 7) is 1.87. The summed E-state index contributed by atoms with van der Waals surface area (Å²) in [4.78, 5) is 29.4. The highest BCUT2D eigenvalue weighted by Crippen LogP contribution is 2.36. The smallest absolute Gasteiger partial charge is 0.407 e. The Morgan fingerprint density at radius 3 is 2.65 bits per heavy atom. The summed E-state index contributed by atoms with van der Waals surface area (Å²) in [6.07, 6.45) is -0.661. The van der Waals surface area contributed by atoms with E-state index in [1.165, 1.54) is 24.7 Å². The van der Waals surface area contributed by atoms with Crippen LogP contribution in [0.25, 0.3) is 0 Å². The highest BCUT2D eigenvalue weighted by molar-refractivity contribution is 5.76. The molecule has 0 saturated carbocycles. The van der Waals surface area contributed by atoms with Gasteiger partial charge in [-0.2, -0.15) is 0 Å². The number of amides is 3. The van der Waals surface area contributed by atoms with Crippen molar-refractivity contribution in [3.63, 3.8) is 0 Å². The molecule has 2 aromatic rings. The predicted molar refractivity (Wildman–Crippen MR) is 112 cm³/mol. The first kappa shape index (κ1) is 21.1. The van der Waals surface area contributed by atoms with Gasteiger partial charge in [0, 0.05) is 20.1 Å². The summed E-state index contributed by atoms with van der Waals surface area (Å²) in [5, 5.41) is 9.12. The maximum atomic E-state index is 13.6. The normalized spacial score (nSPS) is 20.8. The van der Waals surface area contributed by atoms with E-state index in [9.17, 15) is 14.0 Å². The van der Waals surface area contributed by atoms with E-state index in [0.29, 0.717) is 26.2 Å². The molecule has 4 rings (SSSR count). The first-order valence-corrected chi connectivity index (χ1v) is 10.4. The number of nitrogens with zero attached hydrogens (tertiary/aromatic N) is 3. The zero-order chi connectivity index (χ0) is 22.0. The number of morpholine rings is 1. The van der Waals surface area contributed by atoms with Crippen molar-refractivity contribution in [3.8, 4) is 0 Å². The van der Waals surface area contributed by atoms with Crippen molar-refractivity contribution in [2.24, 2.45) is 0 Å². The lowest BCUT2D eigenvalue weighted by molar-refractivity contribution is -0.0307. The second-order valence-corrected chi connectivity index (χ2v) is 7.98. The minimum absolute atomic E-state index is 0.116. The Kier molecular flexibility index (Phi) is 6.08. The van der Waals surface area contributed by atoms with E-state index < -0.39 is 6.09 Å². The molecule has 0 aliphatic carbocycles. The number of rotatable bonds is 3. The molecule has 0 aromatic heterocycles. The number of carbonyl (C=O) groups excluding carboxylic acids is 1. The number of fused-ring (bicyclic) bond motifs is 1. The van der Waals surface area contributed by atoms with E-state index in [2.05, 4.69) is 6.07 Å². The minimum atomic E-state index is -1.03. The van der Waals surface area contributed by atoms with E-state index in [-0.39, 0.29) is 30.5 Å². The van der Waals surface area contributed by atoms with Gasteiger partial charge >= 0.3 is 12.1 Å². The van der Waals surface area contributed by atoms with Crippen LogP contribution in [-0.4, -0.2) is 77.9 Å². The lowest BCUT2D eigenvalue weighted by atomic mass is 9.88. The molecule has 164 valence electrons. The SMILES string of the molecule is CN(CC1CN(C(=O)N2CCc3ccccc3[C@@H]2c2ccc(F)cc2)CCO1)C(=O)O. The quantitative estimate of drug-likeness (QED) is 0.817. The molecule has 1 unspecified atom stereocenters. The summed E-state index contributed by atoms with van der Waals surface area (Å²) in [5.74, 6) is -0.315. The summed E-state index contributed by atoms with van der Waals surface area (Å²) in [6, 6.07) is 13.9. The van der Waals surface area contributed by atoms with Gasteiger partial charge in [-0.05, 0) is 35.2 Å². The summed E-state index contributed by atoms with van der Waals surface area (Å²) in [7, 11) is 1.48. The van der Waals surface area contributed by atoms with Crippen LogP contribution < -0.4 is 0 Å². The highest BCUT2D eigenvalue weighted by atomic mass is 19.1. The summed E-state index contributed by atoms with van der Waals surface area (Å²) in [5.41, 5.74) is 3.09. The number of halogens is 1. The first-order chi connectivity index (χ1) is 14.9. The Morgan fingerprint density at radius 2 is 1.90 bits per heavy atom. The number of hydrogen-bond donors (Lipinski definition) is 1. The fourth-order valence-corrected chi connectivity index (χ4v) is 4.35. The van der Waals surface area contributed by atoms with Crippen LogP contribution in [0.15, 0.2) is 48.5 Å². The molecule has 0 radical (unpaired) electrons. The lowest BCUT2D eigenvalue weighted by Gasteiger charge is -2.42. The van der Waals surface area contributed by atoms with Gasteiger partial charge in [-0.1, -0.05) is 36.4 Å². The number of carboxylic acid groups (broad SMARTS) is 1. The third kappa shape index (κ3) is 4.49. The number of hydrogen-bond acceptors (Lipinski definition) is 3. The third-order valence-corrected chi connectivity index (χ3v) is 5.93. The standard InChI is InChI=1S/C23H26FN3O4/c1-25(23(29)30)14-19-15-26(12-13-31-19)22(28)27-11-10-16-4-2-3-5-20(16)21(27)17-6-8-18(24)9-7-17/h2-9,19,21H,10-15H2,1H3,(H,29,30)/t19?,21-/m0/s1. The first-order valence-electron chi connectivity index (χ1n) is 10.4. The number of carbonyl (C=O) groups is 2. The minimum Gasteiger partial charge on any atom is -0.465 e. The molecular weight excluding hydrogens is 401 g/mol. The Labute approximate surface area is 180 Å². The van der Waals surface area contributed by atoms with Crippen LogP contribution in [0.5, 0.6) is 0 Å². The largest absolute Gasteiger partial charge is 0.465 e. The van der Waals surface area contributed by atoms with Crippen molar-refractivity contribution < 1.29 is 23.8 Å². The maximum Gasteiger partial charge on any atom is 0.407 e. The average Bonchev–Trinajstić information content (AvgIpc) is 2.78. The van der Waals surface area contributed by atoms with Gasteiger partial charge in [0.15, 0.2) is 0 Å². The molecule has 3 amide bonds. The molecule has 1 saturated heterocycles. The topological polar surface area (TPSA) is 73.3 Å². The van der Waals surface area contributed by atoms with Crippen LogP contribution >= 0.6 is 0 Å². The lowest BCUT2D eigenvalue weighted by Crippen LogP contribution is -2.55. The van der Waals surface area contributed by atoms with Gasteiger partial charge in [0.25, 0.3) is 0 Å². The second kappa shape index (κ2) is 8.93. The van der Waals surface area contributed by atoms with Crippen LogP contribution in [0.2, 0.25) is 0 Å². The molecule has 1 fully saturated rings. The van der Waals surface area contributed by atoms with Crippen molar-refractivity contribution in [1.82, 2.24) is 14.7 Å². The molecule has 1 N–H and O–H groups in total. The fourth-order valence-electron chi connectivity index (χ4n) is 4.35. The molecule has 7 nitrogen and oxygen atoms in total. The van der Waals surface area contributed by atoms with Gasteiger partial charge in [0.2, 0.25) is 0 Å². The molecular formula is C23H26FN3O4. The highest BCUT2D eigenvalue weighted by Gasteiger charge is 2.36. The van der Waals surface area contributed by atoms with Crippen molar-refractivity contribution >= 4 is 12.1 Å². The van der Waals surface area contributed by atoms with Crippen LogP contribution in [0, 0.1) is 5.82 Å². The molecule has 2 aliphatic heterocycles. The van der Waals surface area contributed by atoms with Crippen molar-refractivity contribution in [1.29, 1.82) is 0 Å². The molecule has 8 heteroatoms. The fraction of sp³-hybridized carbons (Fsp3) is 0.391. The van der Waals surface area contributed by atoms with Crippen LogP contribution in [0.4, 0.5) is 14.0 Å². The molecule has 0 spiro atoms. The van der Waals surface area contributed by atoms with Gasteiger partial charge in [0.1, 0.15) is 5.82 Å². The third-order valence-electron chi connectivity index (χ3n) is 5.93. The second-order valence-electron chi connectivity index (χ2n) is 7.98. The maximum absolute atomic E-state index is 13.6. The van der Waals surface area contributed by atoms with Gasteiger partial charge in [-0.25, -0.2) is 14.0 Å².